The third-order valence-corrected chi connectivity index (χ3v) is 7.17. The number of fused-ring (bicyclic) bond motifs is 1. The molecule has 1 aliphatic rings. The number of nitrogens with zero attached hydrogens (tertiary/aromatic N) is 4. The number of alkyl halides is 2. The van der Waals surface area contributed by atoms with Crippen LogP contribution in [0.4, 0.5) is 13.2 Å². The van der Waals surface area contributed by atoms with E-state index in [1.807, 2.05) is 6.92 Å². The van der Waals surface area contributed by atoms with Gasteiger partial charge < -0.3 is 9.64 Å². The molecule has 2 aromatic carbocycles. The van der Waals surface area contributed by atoms with Crippen molar-refractivity contribution in [3.63, 3.8) is 0 Å². The number of amides is 1. The third-order valence-electron chi connectivity index (χ3n) is 7.17. The highest BCUT2D eigenvalue weighted by Crippen LogP contribution is 2.34. The first-order valence-electron chi connectivity index (χ1n) is 12.9. The highest BCUT2D eigenvalue weighted by Gasteiger charge is 2.34. The van der Waals surface area contributed by atoms with E-state index in [9.17, 15) is 18.0 Å². The predicted molar refractivity (Wildman–Crippen MR) is 143 cm³/mol. The molecule has 3 atom stereocenters. The summed E-state index contributed by atoms with van der Waals surface area (Å²) < 4.78 is 47.4. The molecule has 0 unspecified atom stereocenters. The van der Waals surface area contributed by atoms with Gasteiger partial charge in [-0.05, 0) is 49.2 Å². The lowest BCUT2D eigenvalue weighted by atomic mass is 9.99. The van der Waals surface area contributed by atoms with E-state index < -0.39 is 18.4 Å². The first-order chi connectivity index (χ1) is 18.9. The molecule has 0 saturated carbocycles. The van der Waals surface area contributed by atoms with Crippen LogP contribution in [0.3, 0.4) is 0 Å². The quantitative estimate of drug-likeness (QED) is 0.311. The fraction of sp³-hybridized carbons (Fsp3) is 0.345. The topological polar surface area (TPSA) is 74.3 Å². The van der Waals surface area contributed by atoms with Crippen LogP contribution in [0.5, 0.6) is 5.75 Å². The van der Waals surface area contributed by atoms with E-state index in [0.717, 1.165) is 16.5 Å². The summed E-state index contributed by atoms with van der Waals surface area (Å²) in [5, 5.41) is 7.90. The van der Waals surface area contributed by atoms with Crippen molar-refractivity contribution in [3.05, 3.63) is 78.0 Å². The lowest BCUT2D eigenvalue weighted by molar-refractivity contribution is 0.0712. The minimum absolute atomic E-state index is 0.0251. The number of halogens is 3. The molecule has 2 aromatic heterocycles. The van der Waals surface area contributed by atoms with Crippen LogP contribution in [0.15, 0.2) is 61.1 Å². The number of ether oxygens (including phenoxy) is 1. The Labute approximate surface area is 224 Å². The number of pyridine rings is 1. The van der Waals surface area contributed by atoms with Crippen LogP contribution < -0.4 is 4.74 Å². The zero-order valence-corrected chi connectivity index (χ0v) is 21.8. The van der Waals surface area contributed by atoms with Gasteiger partial charge in [0.1, 0.15) is 23.9 Å². The molecule has 1 amide bonds. The van der Waals surface area contributed by atoms with Gasteiger partial charge in [0.2, 0.25) is 0 Å². The first kappa shape index (κ1) is 26.7. The fourth-order valence-corrected chi connectivity index (χ4v) is 5.15. The third kappa shape index (κ3) is 5.61. The van der Waals surface area contributed by atoms with Crippen LogP contribution >= 0.6 is 0 Å². The fourth-order valence-electron chi connectivity index (χ4n) is 5.15. The zero-order valence-electron chi connectivity index (χ0n) is 21.8. The first-order valence-corrected chi connectivity index (χ1v) is 12.9. The van der Waals surface area contributed by atoms with Gasteiger partial charge in [0.25, 0.3) is 5.91 Å². The van der Waals surface area contributed by atoms with Crippen LogP contribution in [0.2, 0.25) is 0 Å². The van der Waals surface area contributed by atoms with Gasteiger partial charge in [-0.3, -0.25) is 19.8 Å². The van der Waals surface area contributed by atoms with Crippen molar-refractivity contribution in [2.24, 2.45) is 0 Å². The SMILES string of the molecule is CCOc1cc(C(=O)N(C)[C@H](CCN2C[C@@H](F)[C@H](F)C2)c2cncc3cn[nH]c23)ccc1-c1cccc(F)c1. The Kier molecular flexibility index (Phi) is 7.83. The molecule has 1 saturated heterocycles. The Morgan fingerprint density at radius 2 is 1.95 bits per heavy atom. The maximum atomic E-state index is 13.9. The lowest BCUT2D eigenvalue weighted by Gasteiger charge is -2.30. The summed E-state index contributed by atoms with van der Waals surface area (Å²) in [6, 6.07) is 10.8. The number of nitrogens with one attached hydrogen (secondary N) is 1. The number of carbonyl (C=O) groups excluding carboxylic acids is 1. The molecule has 5 rings (SSSR count). The summed E-state index contributed by atoms with van der Waals surface area (Å²) in [5.41, 5.74) is 3.22. The van der Waals surface area contributed by atoms with E-state index in [2.05, 4.69) is 15.2 Å². The monoisotopic (exact) mass is 537 g/mol. The Balaban J connectivity index is 1.46. The van der Waals surface area contributed by atoms with Crippen LogP contribution in [0.25, 0.3) is 22.0 Å². The van der Waals surface area contributed by atoms with Crippen molar-refractivity contribution in [1.29, 1.82) is 0 Å². The molecular weight excluding hydrogens is 507 g/mol. The summed E-state index contributed by atoms with van der Waals surface area (Å²) in [5.74, 6) is -0.164. The number of benzene rings is 2. The standard InChI is InChI=1S/C29H30F3N5O2/c1-3-39-27-12-19(7-8-22(27)18-5-4-6-21(30)11-18)29(38)36(2)26(9-10-37-16-24(31)25(32)17-37)23-15-33-13-20-14-34-35-28(20)23/h4-8,11-15,24-26H,3,9-10,16-17H2,1-2H3,(H,34,35)/t24-,25-,26-/m1/s1. The molecule has 1 N–H and O–H groups in total. The molecule has 0 aliphatic carbocycles. The molecule has 3 heterocycles. The van der Waals surface area contributed by atoms with Gasteiger partial charge in [-0.2, -0.15) is 5.10 Å². The summed E-state index contributed by atoms with van der Waals surface area (Å²) in [4.78, 5) is 21.5. The van der Waals surface area contributed by atoms with Crippen LogP contribution in [-0.2, 0) is 0 Å². The molecule has 4 aromatic rings. The Morgan fingerprint density at radius 3 is 2.69 bits per heavy atom. The molecule has 1 aliphatic heterocycles. The number of carbonyl (C=O) groups is 1. The number of likely N-dealkylation sites (tertiary alicyclic amines) is 1. The smallest absolute Gasteiger partial charge is 0.254 e. The molecule has 7 nitrogen and oxygen atoms in total. The van der Waals surface area contributed by atoms with Crippen molar-refractivity contribution in [1.82, 2.24) is 25.0 Å². The second kappa shape index (κ2) is 11.4. The average molecular weight is 538 g/mol. The Hall–Kier alpha value is -3.92. The van der Waals surface area contributed by atoms with Gasteiger partial charge in [0.15, 0.2) is 0 Å². The largest absolute Gasteiger partial charge is 0.493 e. The zero-order chi connectivity index (χ0) is 27.5. The van der Waals surface area contributed by atoms with E-state index in [0.29, 0.717) is 42.0 Å². The van der Waals surface area contributed by atoms with Crippen LogP contribution in [-0.4, -0.2) is 76.5 Å². The summed E-state index contributed by atoms with van der Waals surface area (Å²) in [6.07, 6.45) is 2.45. The highest BCUT2D eigenvalue weighted by molar-refractivity contribution is 5.96. The molecule has 0 spiro atoms. The number of hydrogen-bond donors (Lipinski definition) is 1. The molecule has 0 bridgehead atoms. The van der Waals surface area contributed by atoms with Crippen molar-refractivity contribution >= 4 is 16.8 Å². The molecule has 39 heavy (non-hydrogen) atoms. The Bertz CT molecular complexity index is 1450. The number of H-pyrrole nitrogens is 1. The molecular formula is C29H30F3N5O2. The van der Waals surface area contributed by atoms with Crippen molar-refractivity contribution in [3.8, 4) is 16.9 Å². The molecule has 10 heteroatoms. The van der Waals surface area contributed by atoms with Gasteiger partial charge in [0.05, 0.1) is 24.4 Å². The molecule has 0 radical (unpaired) electrons. The van der Waals surface area contributed by atoms with Gasteiger partial charge >= 0.3 is 0 Å². The number of aromatic amines is 1. The van der Waals surface area contributed by atoms with Gasteiger partial charge in [-0.15, -0.1) is 0 Å². The summed E-state index contributed by atoms with van der Waals surface area (Å²) >= 11 is 0. The van der Waals surface area contributed by atoms with E-state index in [1.54, 1.807) is 65.8 Å². The maximum absolute atomic E-state index is 13.9. The van der Waals surface area contributed by atoms with E-state index >= 15 is 0 Å². The second-order valence-electron chi connectivity index (χ2n) is 9.73. The average Bonchev–Trinajstić information content (AvgIpc) is 3.54. The van der Waals surface area contributed by atoms with Crippen LogP contribution in [0, 0.1) is 5.82 Å². The minimum atomic E-state index is -1.51. The number of aromatic nitrogens is 3. The maximum Gasteiger partial charge on any atom is 0.254 e. The van der Waals surface area contributed by atoms with E-state index in [1.165, 1.54) is 12.1 Å². The Morgan fingerprint density at radius 1 is 1.15 bits per heavy atom. The molecule has 1 fully saturated rings. The van der Waals surface area contributed by atoms with E-state index in [-0.39, 0.29) is 24.8 Å². The highest BCUT2D eigenvalue weighted by atomic mass is 19.2. The second-order valence-corrected chi connectivity index (χ2v) is 9.73. The normalized spacial score (nSPS) is 18.4. The van der Waals surface area contributed by atoms with Crippen molar-refractivity contribution in [2.75, 3.05) is 33.3 Å². The van der Waals surface area contributed by atoms with Crippen LogP contribution in [0.1, 0.15) is 35.3 Å². The van der Waals surface area contributed by atoms with Crippen molar-refractivity contribution < 1.29 is 22.7 Å². The minimum Gasteiger partial charge on any atom is -0.493 e. The van der Waals surface area contributed by atoms with E-state index in [4.69, 9.17) is 4.74 Å². The van der Waals surface area contributed by atoms with Crippen molar-refractivity contribution in [2.45, 2.75) is 31.7 Å². The number of hydrogen-bond acceptors (Lipinski definition) is 5. The van der Waals surface area contributed by atoms with Gasteiger partial charge in [0, 0.05) is 61.2 Å². The summed E-state index contributed by atoms with van der Waals surface area (Å²) in [7, 11) is 1.70. The lowest BCUT2D eigenvalue weighted by Crippen LogP contribution is -2.34. The predicted octanol–water partition coefficient (Wildman–Crippen LogP) is 5.36. The molecule has 204 valence electrons. The number of rotatable bonds is 9. The van der Waals surface area contributed by atoms with Gasteiger partial charge in [-0.25, -0.2) is 13.2 Å². The van der Waals surface area contributed by atoms with Gasteiger partial charge in [-0.1, -0.05) is 12.1 Å². The summed E-state index contributed by atoms with van der Waals surface area (Å²) in [6.45, 7) is 2.66.